The molecule has 0 bridgehead atoms. The van der Waals surface area contributed by atoms with Crippen LogP contribution in [0, 0.1) is 0 Å². The van der Waals surface area contributed by atoms with Gasteiger partial charge in [-0.2, -0.15) is 0 Å². The lowest BCUT2D eigenvalue weighted by Crippen LogP contribution is -2.59. The van der Waals surface area contributed by atoms with E-state index in [0.29, 0.717) is 65.6 Å². The first-order valence-electron chi connectivity index (χ1n) is 21.3. The van der Waals surface area contributed by atoms with Crippen molar-refractivity contribution in [3.63, 3.8) is 0 Å². The number of amides is 2. The monoisotopic (exact) mass is 876 g/mol. The highest BCUT2D eigenvalue weighted by atomic mass is 16.7. The van der Waals surface area contributed by atoms with Gasteiger partial charge in [0, 0.05) is 25.9 Å². The molecule has 356 valence electrons. The second-order valence-electron chi connectivity index (χ2n) is 14.4. The summed E-state index contributed by atoms with van der Waals surface area (Å²) in [5.41, 5.74) is 0. The number of carbonyl (C=O) groups is 2. The van der Waals surface area contributed by atoms with Gasteiger partial charge in [0.1, 0.15) is 42.7 Å². The van der Waals surface area contributed by atoms with Crippen molar-refractivity contribution >= 4 is 11.8 Å². The van der Waals surface area contributed by atoms with Gasteiger partial charge in [0.15, 0.2) is 12.6 Å². The maximum atomic E-state index is 12.2. The number of nitrogens with one attached hydrogen (secondary N) is 2. The molecule has 1 rings (SSSR count). The van der Waals surface area contributed by atoms with E-state index >= 15 is 0 Å². The second kappa shape index (κ2) is 36.7. The smallest absolute Gasteiger partial charge is 0.220 e. The zero-order chi connectivity index (χ0) is 44.4. The van der Waals surface area contributed by atoms with Crippen LogP contribution in [0.2, 0.25) is 0 Å². The Labute approximate surface area is 354 Å². The number of nitrogens with zero attached hydrogens (tertiary/aromatic N) is 1. The Morgan fingerprint density at radius 3 is 1.67 bits per heavy atom. The molecule has 21 heteroatoms. The molecule has 0 spiro atoms. The van der Waals surface area contributed by atoms with Gasteiger partial charge in [0.05, 0.1) is 85.9 Å². The number of rotatable bonds is 40. The van der Waals surface area contributed by atoms with Gasteiger partial charge in [-0.25, -0.2) is 0 Å². The lowest BCUT2D eigenvalue weighted by Gasteiger charge is -2.39. The Morgan fingerprint density at radius 2 is 1.18 bits per heavy atom. The van der Waals surface area contributed by atoms with Crippen LogP contribution in [0.4, 0.5) is 0 Å². The minimum Gasteiger partial charge on any atom is -0.394 e. The molecular formula is C39H77N3O18. The van der Waals surface area contributed by atoms with Gasteiger partial charge in [0.2, 0.25) is 11.8 Å². The molecule has 10 N–H and O–H groups in total. The quantitative estimate of drug-likeness (QED) is 0.0217. The molecular weight excluding hydrogens is 798 g/mol. The highest BCUT2D eigenvalue weighted by Gasteiger charge is 2.44. The molecule has 0 aromatic rings. The Bertz CT molecular complexity index is 1040. The Kier molecular flexibility index (Phi) is 34.4. The number of ether oxygens (including phenoxy) is 8. The van der Waals surface area contributed by atoms with Crippen LogP contribution in [0.15, 0.2) is 0 Å². The normalized spacial score (nSPS) is 21.5. The predicted octanol–water partition coefficient (Wildman–Crippen LogP) is -3.00. The number of hydrogen-bond donors (Lipinski definition) is 10. The topological polar surface area (TPSA) is 297 Å². The molecule has 9 atom stereocenters. The van der Waals surface area contributed by atoms with Crippen molar-refractivity contribution < 1.29 is 88.3 Å². The van der Waals surface area contributed by atoms with E-state index in [4.69, 9.17) is 43.0 Å². The van der Waals surface area contributed by atoms with E-state index in [0.717, 1.165) is 58.2 Å². The molecule has 1 saturated heterocycles. The molecule has 1 fully saturated rings. The summed E-state index contributed by atoms with van der Waals surface area (Å²) >= 11 is 0. The zero-order valence-electron chi connectivity index (χ0n) is 35.7. The lowest BCUT2D eigenvalue weighted by atomic mass is 9.99. The van der Waals surface area contributed by atoms with Gasteiger partial charge in [-0.05, 0) is 52.2 Å². The second-order valence-corrected chi connectivity index (χ2v) is 14.4. The Balaban J connectivity index is 1.92. The molecule has 60 heavy (non-hydrogen) atoms. The van der Waals surface area contributed by atoms with E-state index in [-0.39, 0.29) is 38.2 Å². The molecule has 21 nitrogen and oxygen atoms in total. The van der Waals surface area contributed by atoms with Gasteiger partial charge in [-0.15, -0.1) is 0 Å². The summed E-state index contributed by atoms with van der Waals surface area (Å²) in [6, 6.07) is 0. The zero-order valence-corrected chi connectivity index (χ0v) is 35.7. The van der Waals surface area contributed by atoms with Crippen LogP contribution in [0.5, 0.6) is 0 Å². The fraction of sp³-hybridized carbons (Fsp3) is 0.949. The third-order valence-electron chi connectivity index (χ3n) is 9.45. The van der Waals surface area contributed by atoms with Gasteiger partial charge in [0.25, 0.3) is 0 Å². The molecule has 0 aliphatic carbocycles. The third kappa shape index (κ3) is 26.7. The van der Waals surface area contributed by atoms with Crippen LogP contribution in [0.25, 0.3) is 0 Å². The van der Waals surface area contributed by atoms with Crippen LogP contribution >= 0.6 is 0 Å². The van der Waals surface area contributed by atoms with E-state index in [1.165, 1.54) is 6.92 Å². The molecule has 2 amide bonds. The molecule has 1 aliphatic heterocycles. The number of unbranched alkanes of at least 4 members (excludes halogenated alkanes) is 4. The number of aliphatic hydroxyl groups is 8. The molecule has 0 saturated carbocycles. The summed E-state index contributed by atoms with van der Waals surface area (Å²) in [5, 5.41) is 82.2. The third-order valence-corrected chi connectivity index (χ3v) is 9.45. The van der Waals surface area contributed by atoms with Crippen LogP contribution in [0.1, 0.15) is 65.2 Å². The van der Waals surface area contributed by atoms with Gasteiger partial charge < -0.3 is 94.3 Å². The van der Waals surface area contributed by atoms with Crippen molar-refractivity contribution in [3.8, 4) is 0 Å². The van der Waals surface area contributed by atoms with Crippen molar-refractivity contribution in [1.29, 1.82) is 0 Å². The van der Waals surface area contributed by atoms with E-state index in [1.54, 1.807) is 0 Å². The number of hydrogen-bond acceptors (Lipinski definition) is 19. The highest BCUT2D eigenvalue weighted by molar-refractivity contribution is 5.76. The molecule has 0 radical (unpaired) electrons. The molecule has 0 aromatic heterocycles. The maximum Gasteiger partial charge on any atom is 0.220 e. The summed E-state index contributed by atoms with van der Waals surface area (Å²) in [5.74, 6) is -0.0214. The van der Waals surface area contributed by atoms with E-state index in [9.17, 15) is 45.3 Å². The summed E-state index contributed by atoms with van der Waals surface area (Å²) in [7, 11) is 0. The van der Waals surface area contributed by atoms with Gasteiger partial charge in [-0.3, -0.25) is 9.59 Å². The molecule has 3 unspecified atom stereocenters. The fourth-order valence-electron chi connectivity index (χ4n) is 5.86. The average molecular weight is 876 g/mol. The van der Waals surface area contributed by atoms with E-state index in [2.05, 4.69) is 22.5 Å². The number of carbonyl (C=O) groups excluding carboxylic acids is 2. The molecule has 1 heterocycles. The van der Waals surface area contributed by atoms with Crippen LogP contribution in [-0.2, 0) is 47.5 Å². The fourth-order valence-corrected chi connectivity index (χ4v) is 5.86. The number of aliphatic hydroxyl groups excluding tert-OH is 8. The van der Waals surface area contributed by atoms with Gasteiger partial charge >= 0.3 is 0 Å². The first-order chi connectivity index (χ1) is 29.0. The summed E-state index contributed by atoms with van der Waals surface area (Å²) in [6.45, 7) is 8.01. The maximum absolute atomic E-state index is 12.2. The lowest BCUT2D eigenvalue weighted by molar-refractivity contribution is -0.302. The van der Waals surface area contributed by atoms with Crippen LogP contribution in [-0.4, -0.2) is 231 Å². The average Bonchev–Trinajstić information content (AvgIpc) is 3.24. The van der Waals surface area contributed by atoms with Crippen LogP contribution < -0.4 is 10.6 Å². The van der Waals surface area contributed by atoms with E-state index in [1.807, 2.05) is 0 Å². The molecule has 0 aromatic carbocycles. The Morgan fingerprint density at radius 1 is 0.667 bits per heavy atom. The summed E-state index contributed by atoms with van der Waals surface area (Å²) < 4.78 is 43.1. The first-order valence-corrected chi connectivity index (χ1v) is 21.3. The predicted molar refractivity (Wildman–Crippen MR) is 215 cm³/mol. The molecule has 1 aliphatic rings. The van der Waals surface area contributed by atoms with Crippen molar-refractivity contribution in [2.75, 3.05) is 119 Å². The minimum atomic E-state index is -1.49. The SMILES string of the molecule is CCN(CCCCCC(=O)NCCOCCOCCO[C@H]1OC(CO)[C@@H](O)C(O)[C@H]1O)CCCCCC(=O)NCCOCCOCCO[C@@H](OC(CO)[C@@H](O)CO)[C@@H](C)O. The van der Waals surface area contributed by atoms with Crippen molar-refractivity contribution in [2.45, 2.75) is 121 Å². The Hall–Kier alpha value is -1.74. The van der Waals surface area contributed by atoms with Crippen molar-refractivity contribution in [2.24, 2.45) is 0 Å². The highest BCUT2D eigenvalue weighted by Crippen LogP contribution is 2.21. The first kappa shape index (κ1) is 56.3. The van der Waals surface area contributed by atoms with Crippen molar-refractivity contribution in [1.82, 2.24) is 15.5 Å². The standard InChI is InChI=1S/C39H77N3O18/c1-3-42(14-8-4-6-10-33(48)40-12-16-53-18-20-55-22-24-57-38(29(2)46)59-31(27-44)30(47)26-43)15-9-5-7-11-34(49)41-13-17-54-19-21-56-23-25-58-39-37(52)36(51)35(50)32(28-45)60-39/h29-32,35-39,43-47,50-52H,3-28H2,1-2H3,(H,40,48)(H,41,49)/t29-,30+,31?,32?,35-,36?,37-,38+,39+/m1/s1. The summed E-state index contributed by atoms with van der Waals surface area (Å²) in [4.78, 5) is 26.7. The largest absolute Gasteiger partial charge is 0.394 e. The van der Waals surface area contributed by atoms with E-state index < -0.39 is 75.1 Å². The minimum absolute atomic E-state index is 0.00996. The van der Waals surface area contributed by atoms with Crippen LogP contribution in [0.3, 0.4) is 0 Å². The van der Waals surface area contributed by atoms with Crippen molar-refractivity contribution in [3.05, 3.63) is 0 Å². The summed E-state index contributed by atoms with van der Waals surface area (Å²) in [6.07, 6.45) is -4.71. The van der Waals surface area contributed by atoms with Gasteiger partial charge in [-0.1, -0.05) is 19.8 Å².